The maximum atomic E-state index is 14.6. The molecule has 0 saturated carbocycles. The van der Waals surface area contributed by atoms with Gasteiger partial charge in [0.1, 0.15) is 37.0 Å². The van der Waals surface area contributed by atoms with Crippen LogP contribution in [0.5, 0.6) is 5.75 Å². The number of benzene rings is 4. The number of halogens is 2. The number of hydrogen-bond acceptors (Lipinski definition) is 16. The Morgan fingerprint density at radius 3 is 2.11 bits per heavy atom. The van der Waals surface area contributed by atoms with Gasteiger partial charge in [0.15, 0.2) is 11.3 Å². The van der Waals surface area contributed by atoms with E-state index in [4.69, 9.17) is 37.4 Å². The second kappa shape index (κ2) is 24.1. The normalized spacial score (nSPS) is 17.7. The van der Waals surface area contributed by atoms with Crippen LogP contribution in [0.4, 0.5) is 18.4 Å². The minimum atomic E-state index is -4.44. The number of rotatable bonds is 20. The topological polar surface area (TPSA) is 229 Å². The van der Waals surface area contributed by atoms with Gasteiger partial charge in [-0.1, -0.05) is 102 Å². The van der Waals surface area contributed by atoms with Gasteiger partial charge in [-0.3, -0.25) is 33.1 Å². The minimum absolute atomic E-state index is 0.0636. The number of amides is 3. The van der Waals surface area contributed by atoms with Crippen LogP contribution in [-0.2, 0) is 68.3 Å². The van der Waals surface area contributed by atoms with Crippen LogP contribution in [0.15, 0.2) is 125 Å². The summed E-state index contributed by atoms with van der Waals surface area (Å²) >= 11 is 0. The molecule has 1 fully saturated rings. The maximum Gasteiger partial charge on any atom is 0.514 e. The Balaban J connectivity index is 1.00. The lowest BCUT2D eigenvalue weighted by atomic mass is 9.84. The lowest BCUT2D eigenvalue weighted by Crippen LogP contribution is -2.52. The summed E-state index contributed by atoms with van der Waals surface area (Å²) in [6, 6.07) is 27.7. The van der Waals surface area contributed by atoms with Crippen molar-refractivity contribution in [2.24, 2.45) is 5.16 Å². The van der Waals surface area contributed by atoms with Crippen LogP contribution >= 0.6 is 7.82 Å². The van der Waals surface area contributed by atoms with Gasteiger partial charge >= 0.3 is 26.0 Å². The number of carbonyl (C=O) groups is 5. The van der Waals surface area contributed by atoms with Crippen molar-refractivity contribution in [2.75, 3.05) is 33.0 Å². The molecule has 0 radical (unpaired) electrons. The Labute approximate surface area is 428 Å². The summed E-state index contributed by atoms with van der Waals surface area (Å²) in [5.41, 5.74) is -0.816. The maximum absolute atomic E-state index is 14.6. The minimum Gasteiger partial charge on any atom is -0.459 e. The Morgan fingerprint density at radius 2 is 1.49 bits per heavy atom. The number of carbonyl (C=O) groups excluding carboxylic acids is 5. The molecular formula is C52H52F2N5O15P. The summed E-state index contributed by atoms with van der Waals surface area (Å²) in [7, 11) is -4.44. The average molecular weight is 1060 g/mol. The van der Waals surface area contributed by atoms with Gasteiger partial charge in [-0.15, -0.1) is 0 Å². The molecule has 5 aromatic rings. The first-order valence-corrected chi connectivity index (χ1v) is 25.2. The van der Waals surface area contributed by atoms with Crippen molar-refractivity contribution in [3.05, 3.63) is 171 Å². The summed E-state index contributed by atoms with van der Waals surface area (Å²) < 4.78 is 81.6. The number of aromatic nitrogens is 1. The number of nitrogens with zero attached hydrogens (tertiary/aromatic N) is 4. The zero-order chi connectivity index (χ0) is 53.1. The number of phosphoric acid groups is 1. The Kier molecular flexibility index (Phi) is 17.2. The standard InChI is InChI=1S/C52H52F2N5O15P/c1-34-25-52(74-56-34)21-20-35(2)58-28-43(52)59-27-41(48(62)55-26-39-18-19-40(53)24-42(39)54)46(61)47(45(59)49(58)63)73-51(65)67-23-22-57(29-44(60)68-30-36-12-6-3-7-13-36)50(64)69-33-72-75(66,70-31-37-14-8-4-9-15-37)71-32-38-16-10-5-11-17-38/h3-19,24,27,35,43H,20-23,25-26,28-33H2,1-2H3,(H,55,62)/t35-,43+,52-/m0/s1. The number of oxime groups is 1. The van der Waals surface area contributed by atoms with Crippen molar-refractivity contribution in [2.45, 2.75) is 77.2 Å². The molecule has 1 aromatic heterocycles. The van der Waals surface area contributed by atoms with Crippen LogP contribution in [-0.4, -0.2) is 94.8 Å². The molecule has 1 spiro atoms. The number of phosphoric ester groups is 1. The van der Waals surface area contributed by atoms with E-state index in [9.17, 15) is 42.1 Å². The van der Waals surface area contributed by atoms with Crippen molar-refractivity contribution in [3.63, 3.8) is 0 Å². The van der Waals surface area contributed by atoms with Gasteiger partial charge in [0.25, 0.3) is 11.8 Å². The Bertz CT molecular complexity index is 2990. The van der Waals surface area contributed by atoms with Crippen LogP contribution in [0.1, 0.15) is 82.3 Å². The van der Waals surface area contributed by atoms with E-state index in [0.29, 0.717) is 47.7 Å². The summed E-state index contributed by atoms with van der Waals surface area (Å²) in [5.74, 6) is -5.36. The molecular weight excluding hydrogens is 1000 g/mol. The molecule has 2 bridgehead atoms. The van der Waals surface area contributed by atoms with Gasteiger partial charge in [0, 0.05) is 43.4 Å². The molecule has 0 aliphatic carbocycles. The van der Waals surface area contributed by atoms with Crippen LogP contribution in [0.3, 0.4) is 0 Å². The molecule has 0 unspecified atom stereocenters. The fraction of sp³-hybridized carbons (Fsp3) is 0.327. The lowest BCUT2D eigenvalue weighted by Gasteiger charge is -2.42. The van der Waals surface area contributed by atoms with E-state index in [1.54, 1.807) is 97.9 Å². The van der Waals surface area contributed by atoms with Gasteiger partial charge < -0.3 is 38.6 Å². The van der Waals surface area contributed by atoms with E-state index >= 15 is 0 Å². The van der Waals surface area contributed by atoms with Crippen molar-refractivity contribution in [3.8, 4) is 5.75 Å². The molecule has 3 aliphatic heterocycles. The first-order valence-electron chi connectivity index (χ1n) is 23.7. The summed E-state index contributed by atoms with van der Waals surface area (Å²) in [4.78, 5) is 91.5. The highest BCUT2D eigenvalue weighted by Gasteiger charge is 2.54. The monoisotopic (exact) mass is 1060 g/mol. The molecule has 3 amide bonds. The Hall–Kier alpha value is -7.78. The van der Waals surface area contributed by atoms with E-state index in [-0.39, 0.29) is 38.0 Å². The molecule has 4 aromatic carbocycles. The number of ether oxygens (including phenoxy) is 4. The second-order valence-corrected chi connectivity index (χ2v) is 19.5. The highest BCUT2D eigenvalue weighted by Crippen LogP contribution is 2.51. The lowest BCUT2D eigenvalue weighted by molar-refractivity contribution is -0.146. The highest BCUT2D eigenvalue weighted by molar-refractivity contribution is 7.48. The van der Waals surface area contributed by atoms with Crippen LogP contribution in [0.2, 0.25) is 0 Å². The van der Waals surface area contributed by atoms with Crippen molar-refractivity contribution in [1.29, 1.82) is 0 Å². The van der Waals surface area contributed by atoms with Crippen molar-refractivity contribution < 1.29 is 74.7 Å². The molecule has 75 heavy (non-hydrogen) atoms. The number of nitrogens with one attached hydrogen (secondary N) is 1. The summed E-state index contributed by atoms with van der Waals surface area (Å²) in [6.45, 7) is -0.456. The van der Waals surface area contributed by atoms with Gasteiger partial charge in [0.2, 0.25) is 18.0 Å². The predicted octanol–water partition coefficient (Wildman–Crippen LogP) is 7.98. The van der Waals surface area contributed by atoms with E-state index in [1.165, 1.54) is 9.47 Å². The molecule has 3 aliphatic rings. The van der Waals surface area contributed by atoms with Gasteiger partial charge in [-0.05, 0) is 49.4 Å². The fourth-order valence-corrected chi connectivity index (χ4v) is 9.65. The second-order valence-electron chi connectivity index (χ2n) is 17.8. The number of fused-ring (bicyclic) bond motifs is 5. The molecule has 4 heterocycles. The van der Waals surface area contributed by atoms with E-state index in [2.05, 4.69) is 10.5 Å². The summed E-state index contributed by atoms with van der Waals surface area (Å²) in [5, 5.41) is 6.64. The molecule has 20 nitrogen and oxygen atoms in total. The summed E-state index contributed by atoms with van der Waals surface area (Å²) in [6.07, 6.45) is -0.442. The first-order chi connectivity index (χ1) is 36.1. The van der Waals surface area contributed by atoms with Crippen molar-refractivity contribution in [1.82, 2.24) is 19.7 Å². The van der Waals surface area contributed by atoms with E-state index in [1.807, 2.05) is 6.92 Å². The van der Waals surface area contributed by atoms with Crippen LogP contribution in [0, 0.1) is 11.6 Å². The zero-order valence-corrected chi connectivity index (χ0v) is 41.6. The predicted molar refractivity (Wildman–Crippen MR) is 261 cm³/mol. The van der Waals surface area contributed by atoms with Gasteiger partial charge in [0.05, 0.1) is 31.5 Å². The molecule has 23 heteroatoms. The van der Waals surface area contributed by atoms with Gasteiger partial charge in [-0.25, -0.2) is 27.5 Å². The highest BCUT2D eigenvalue weighted by atomic mass is 31.2. The van der Waals surface area contributed by atoms with E-state index in [0.717, 1.165) is 23.2 Å². The van der Waals surface area contributed by atoms with E-state index < -0.39 is 117 Å². The quantitative estimate of drug-likeness (QED) is 0.0337. The smallest absolute Gasteiger partial charge is 0.459 e. The third-order valence-electron chi connectivity index (χ3n) is 12.6. The molecule has 1 saturated heterocycles. The molecule has 8 rings (SSSR count). The molecule has 3 atom stereocenters. The number of hydrogen-bond donors (Lipinski definition) is 1. The van der Waals surface area contributed by atoms with Gasteiger partial charge in [-0.2, -0.15) is 0 Å². The molecule has 394 valence electrons. The first kappa shape index (κ1) is 53.5. The average Bonchev–Trinajstić information content (AvgIpc) is 3.75. The third-order valence-corrected chi connectivity index (χ3v) is 13.9. The Morgan fingerprint density at radius 1 is 0.853 bits per heavy atom. The van der Waals surface area contributed by atoms with Crippen molar-refractivity contribution >= 4 is 43.6 Å². The largest absolute Gasteiger partial charge is 0.514 e. The zero-order valence-electron chi connectivity index (χ0n) is 40.7. The SMILES string of the molecule is CC1=NO[C@@]2(CC[C@H](C)N3C[C@H]2n2cc(C(=O)NCc4ccc(F)cc4F)c(=O)c(OC(=O)OCCN(CC(=O)OCc4ccccc4)C(=O)OCOP(=O)(OCc4ccccc4)OCc4ccccc4)c2C3=O)C1. The van der Waals surface area contributed by atoms with Crippen LogP contribution < -0.4 is 15.5 Å². The number of esters is 1. The fourth-order valence-electron chi connectivity index (χ4n) is 8.63. The number of pyridine rings is 1. The third kappa shape index (κ3) is 13.3. The van der Waals surface area contributed by atoms with Crippen LogP contribution in [0.25, 0.3) is 0 Å². The molecule has 1 N–H and O–H groups in total.